The maximum absolute atomic E-state index is 12.2. The number of anilines is 1. The van der Waals surface area contributed by atoms with Crippen molar-refractivity contribution in [2.75, 3.05) is 11.9 Å². The second-order valence-electron chi connectivity index (χ2n) is 6.75. The predicted molar refractivity (Wildman–Crippen MR) is 103 cm³/mol. The van der Waals surface area contributed by atoms with Gasteiger partial charge in [0, 0.05) is 23.8 Å². The van der Waals surface area contributed by atoms with E-state index in [1.165, 1.54) is 5.56 Å². The normalized spacial score (nSPS) is 13.1. The number of carbonyl (C=O) groups excluding carboxylic acids is 2. The molecule has 0 atom stereocenters. The van der Waals surface area contributed by atoms with Gasteiger partial charge in [-0.1, -0.05) is 36.4 Å². The molecule has 0 spiro atoms. The Kier molecular flexibility index (Phi) is 5.89. The minimum absolute atomic E-state index is 0.0844. The van der Waals surface area contributed by atoms with Crippen molar-refractivity contribution in [3.05, 3.63) is 65.2 Å². The third-order valence-corrected chi connectivity index (χ3v) is 4.43. The van der Waals surface area contributed by atoms with Crippen LogP contribution in [-0.4, -0.2) is 24.5 Å². The van der Waals surface area contributed by atoms with Crippen molar-refractivity contribution in [1.29, 1.82) is 0 Å². The fourth-order valence-electron chi connectivity index (χ4n) is 2.70. The highest BCUT2D eigenvalue weighted by Crippen LogP contribution is 2.21. The molecule has 0 radical (unpaired) electrons. The van der Waals surface area contributed by atoms with Crippen molar-refractivity contribution >= 4 is 17.6 Å². The first-order valence-electron chi connectivity index (χ1n) is 9.12. The van der Waals surface area contributed by atoms with Crippen molar-refractivity contribution in [3.8, 4) is 0 Å². The van der Waals surface area contributed by atoms with Crippen molar-refractivity contribution in [1.82, 2.24) is 10.6 Å². The molecule has 1 fully saturated rings. The number of rotatable bonds is 7. The second kappa shape index (κ2) is 8.52. The van der Waals surface area contributed by atoms with Crippen LogP contribution in [0.15, 0.2) is 48.5 Å². The van der Waals surface area contributed by atoms with Crippen LogP contribution in [0, 0.1) is 6.92 Å². The van der Waals surface area contributed by atoms with Gasteiger partial charge in [0.25, 0.3) is 5.91 Å². The molecule has 26 heavy (non-hydrogen) atoms. The maximum Gasteiger partial charge on any atom is 0.319 e. The fourth-order valence-corrected chi connectivity index (χ4v) is 2.70. The molecule has 0 heterocycles. The van der Waals surface area contributed by atoms with Crippen molar-refractivity contribution in [2.45, 2.75) is 38.6 Å². The summed E-state index contributed by atoms with van der Waals surface area (Å²) in [6.07, 6.45) is 3.90. The largest absolute Gasteiger partial charge is 0.349 e. The van der Waals surface area contributed by atoms with E-state index in [9.17, 15) is 9.59 Å². The molecule has 3 rings (SSSR count). The molecule has 1 aliphatic carbocycles. The monoisotopic (exact) mass is 351 g/mol. The summed E-state index contributed by atoms with van der Waals surface area (Å²) in [6, 6.07) is 15.6. The Morgan fingerprint density at radius 2 is 1.85 bits per heavy atom. The smallest absolute Gasteiger partial charge is 0.319 e. The highest BCUT2D eigenvalue weighted by Gasteiger charge is 2.24. The Hall–Kier alpha value is -2.82. The third-order valence-electron chi connectivity index (χ3n) is 4.43. The average molecular weight is 351 g/mol. The summed E-state index contributed by atoms with van der Waals surface area (Å²) >= 11 is 0. The Morgan fingerprint density at radius 3 is 2.58 bits per heavy atom. The van der Waals surface area contributed by atoms with Crippen LogP contribution < -0.4 is 16.0 Å². The summed E-state index contributed by atoms with van der Waals surface area (Å²) in [5.41, 5.74) is 3.42. The van der Waals surface area contributed by atoms with Gasteiger partial charge in [0.15, 0.2) is 0 Å². The lowest BCUT2D eigenvalue weighted by Gasteiger charge is -2.12. The quantitative estimate of drug-likeness (QED) is 0.667. The van der Waals surface area contributed by atoms with Crippen molar-refractivity contribution < 1.29 is 9.59 Å². The molecule has 5 heteroatoms. The van der Waals surface area contributed by atoms with Gasteiger partial charge in [-0.25, -0.2) is 4.79 Å². The standard InChI is InChI=1S/C21H25N3O2/c1-15-9-10-17(20(25)23-18-11-12-18)14-19(15)24-21(26)22-13-5-8-16-6-3-2-4-7-16/h2-4,6-7,9-10,14,18H,5,8,11-13H2,1H3,(H,23,25)(H2,22,24,26). The van der Waals surface area contributed by atoms with Gasteiger partial charge in [0.2, 0.25) is 0 Å². The lowest BCUT2D eigenvalue weighted by atomic mass is 10.1. The number of urea groups is 1. The average Bonchev–Trinajstić information content (AvgIpc) is 3.45. The SMILES string of the molecule is Cc1ccc(C(=O)NC2CC2)cc1NC(=O)NCCCc1ccccc1. The van der Waals surface area contributed by atoms with E-state index < -0.39 is 0 Å². The molecule has 2 aromatic rings. The van der Waals surface area contributed by atoms with E-state index in [4.69, 9.17) is 0 Å². The van der Waals surface area contributed by atoms with E-state index >= 15 is 0 Å². The van der Waals surface area contributed by atoms with Gasteiger partial charge in [-0.3, -0.25) is 4.79 Å². The van der Waals surface area contributed by atoms with Crippen LogP contribution in [0.25, 0.3) is 0 Å². The molecule has 0 aliphatic heterocycles. The Bertz CT molecular complexity index is 770. The lowest BCUT2D eigenvalue weighted by Crippen LogP contribution is -2.30. The van der Waals surface area contributed by atoms with Gasteiger partial charge >= 0.3 is 6.03 Å². The molecule has 1 aliphatic rings. The summed E-state index contributed by atoms with van der Waals surface area (Å²) < 4.78 is 0. The number of aryl methyl sites for hydroxylation is 2. The van der Waals surface area contributed by atoms with Crippen LogP contribution in [0.5, 0.6) is 0 Å². The highest BCUT2D eigenvalue weighted by molar-refractivity contribution is 5.97. The van der Waals surface area contributed by atoms with E-state index in [0.717, 1.165) is 31.2 Å². The summed E-state index contributed by atoms with van der Waals surface area (Å²) in [7, 11) is 0. The second-order valence-corrected chi connectivity index (χ2v) is 6.75. The van der Waals surface area contributed by atoms with Gasteiger partial charge in [-0.2, -0.15) is 0 Å². The summed E-state index contributed by atoms with van der Waals surface area (Å²) in [6.45, 7) is 2.51. The molecule has 1 saturated carbocycles. The Labute approximate surface area is 154 Å². The summed E-state index contributed by atoms with van der Waals surface area (Å²) in [5, 5.41) is 8.67. The number of amides is 3. The zero-order valence-electron chi connectivity index (χ0n) is 15.0. The molecule has 0 aromatic heterocycles. The van der Waals surface area contributed by atoms with E-state index in [1.807, 2.05) is 31.2 Å². The minimum atomic E-state index is -0.249. The predicted octanol–water partition coefficient (Wildman–Crippen LogP) is 3.64. The number of hydrogen-bond donors (Lipinski definition) is 3. The van der Waals surface area contributed by atoms with Gasteiger partial charge in [-0.05, 0) is 55.9 Å². The molecule has 3 N–H and O–H groups in total. The van der Waals surface area contributed by atoms with Crippen LogP contribution in [-0.2, 0) is 6.42 Å². The fraction of sp³-hybridized carbons (Fsp3) is 0.333. The highest BCUT2D eigenvalue weighted by atomic mass is 16.2. The van der Waals surface area contributed by atoms with E-state index in [2.05, 4.69) is 28.1 Å². The van der Waals surface area contributed by atoms with Crippen LogP contribution in [0.2, 0.25) is 0 Å². The molecule has 5 nitrogen and oxygen atoms in total. The zero-order chi connectivity index (χ0) is 18.4. The first-order chi connectivity index (χ1) is 12.6. The molecule has 3 amide bonds. The third kappa shape index (κ3) is 5.34. The van der Waals surface area contributed by atoms with Crippen LogP contribution in [0.1, 0.15) is 40.7 Å². The van der Waals surface area contributed by atoms with E-state index in [0.29, 0.717) is 23.8 Å². The number of hydrogen-bond acceptors (Lipinski definition) is 2. The molecule has 2 aromatic carbocycles. The van der Waals surface area contributed by atoms with Gasteiger partial charge in [0.05, 0.1) is 0 Å². The lowest BCUT2D eigenvalue weighted by molar-refractivity contribution is 0.0951. The number of benzene rings is 2. The van der Waals surface area contributed by atoms with Gasteiger partial charge < -0.3 is 16.0 Å². The molecule has 136 valence electrons. The number of carbonyl (C=O) groups is 2. The molecular formula is C21H25N3O2. The molecular weight excluding hydrogens is 326 g/mol. The first kappa shape index (κ1) is 18.0. The Balaban J connectivity index is 1.47. The van der Waals surface area contributed by atoms with Crippen LogP contribution in [0.3, 0.4) is 0 Å². The minimum Gasteiger partial charge on any atom is -0.349 e. The van der Waals surface area contributed by atoms with Crippen molar-refractivity contribution in [3.63, 3.8) is 0 Å². The number of nitrogens with one attached hydrogen (secondary N) is 3. The van der Waals surface area contributed by atoms with E-state index in [1.54, 1.807) is 12.1 Å². The zero-order valence-corrected chi connectivity index (χ0v) is 15.0. The molecule has 0 saturated heterocycles. The van der Waals surface area contributed by atoms with Gasteiger partial charge in [0.1, 0.15) is 0 Å². The maximum atomic E-state index is 12.2. The topological polar surface area (TPSA) is 70.2 Å². The molecule has 0 bridgehead atoms. The van der Waals surface area contributed by atoms with E-state index in [-0.39, 0.29) is 11.9 Å². The summed E-state index contributed by atoms with van der Waals surface area (Å²) in [4.78, 5) is 24.3. The van der Waals surface area contributed by atoms with Crippen LogP contribution in [0.4, 0.5) is 10.5 Å². The van der Waals surface area contributed by atoms with Crippen LogP contribution >= 0.6 is 0 Å². The molecule has 0 unspecified atom stereocenters. The van der Waals surface area contributed by atoms with Gasteiger partial charge in [-0.15, -0.1) is 0 Å². The van der Waals surface area contributed by atoms with Crippen molar-refractivity contribution in [2.24, 2.45) is 0 Å². The Morgan fingerprint density at radius 1 is 1.08 bits per heavy atom. The summed E-state index contributed by atoms with van der Waals surface area (Å²) in [5.74, 6) is -0.0844. The first-order valence-corrected chi connectivity index (χ1v) is 9.12.